The lowest BCUT2D eigenvalue weighted by molar-refractivity contribution is 0.600. The first-order chi connectivity index (χ1) is 7.94. The van der Waals surface area contributed by atoms with Gasteiger partial charge in [-0.1, -0.05) is 0 Å². The fourth-order valence-corrected chi connectivity index (χ4v) is 2.26. The fourth-order valence-electron chi connectivity index (χ4n) is 1.13. The Labute approximate surface area is 108 Å². The van der Waals surface area contributed by atoms with Gasteiger partial charge in [-0.3, -0.25) is 0 Å². The molecule has 0 unspecified atom stereocenters. The van der Waals surface area contributed by atoms with Crippen LogP contribution >= 0.6 is 15.9 Å². The van der Waals surface area contributed by atoms with Crippen LogP contribution in [0.4, 0.5) is 11.6 Å². The summed E-state index contributed by atoms with van der Waals surface area (Å²) in [6.45, 7) is 0.507. The molecule has 0 aliphatic rings. The summed E-state index contributed by atoms with van der Waals surface area (Å²) in [4.78, 5) is 7.90. The molecule has 0 fully saturated rings. The van der Waals surface area contributed by atoms with Crippen molar-refractivity contribution >= 4 is 37.4 Å². The molecule has 0 aliphatic carbocycles. The number of nitrogens with two attached hydrogens (primary N) is 1. The molecule has 0 amide bonds. The van der Waals surface area contributed by atoms with Crippen molar-refractivity contribution in [2.75, 3.05) is 29.3 Å². The van der Waals surface area contributed by atoms with E-state index >= 15 is 0 Å². The molecule has 9 heteroatoms. The Hall–Kier alpha value is -0.930. The second-order valence-electron chi connectivity index (χ2n) is 3.44. The molecular formula is C8H14BrN5O2S. The summed E-state index contributed by atoms with van der Waals surface area (Å²) in [6, 6.07) is 0. The number of rotatable bonds is 6. The molecule has 1 aromatic heterocycles. The molecule has 1 aromatic rings. The average Bonchev–Trinajstić information content (AvgIpc) is 2.25. The van der Waals surface area contributed by atoms with Gasteiger partial charge in [0.25, 0.3) is 0 Å². The molecule has 0 bridgehead atoms. The lowest BCUT2D eigenvalue weighted by atomic mass is 10.4. The van der Waals surface area contributed by atoms with Gasteiger partial charge in [-0.2, -0.15) is 0 Å². The van der Waals surface area contributed by atoms with Crippen LogP contribution in [-0.4, -0.2) is 36.9 Å². The second-order valence-corrected chi connectivity index (χ2v) is 6.49. The Kier molecular flexibility index (Phi) is 5.09. The first kappa shape index (κ1) is 14.1. The van der Waals surface area contributed by atoms with E-state index in [1.165, 1.54) is 12.6 Å². The van der Waals surface area contributed by atoms with Crippen LogP contribution in [0, 0.1) is 0 Å². The lowest BCUT2D eigenvalue weighted by Gasteiger charge is -2.09. The number of hydrogen-bond acceptors (Lipinski definition) is 7. The van der Waals surface area contributed by atoms with E-state index in [1.54, 1.807) is 0 Å². The van der Waals surface area contributed by atoms with Crippen LogP contribution < -0.4 is 16.6 Å². The molecule has 0 radical (unpaired) electrons. The first-order valence-corrected chi connectivity index (χ1v) is 7.68. The number of nitrogen functional groups attached to an aromatic ring is 1. The minimum Gasteiger partial charge on any atom is -0.369 e. The Balaban J connectivity index is 2.52. The third kappa shape index (κ3) is 4.84. The van der Waals surface area contributed by atoms with Gasteiger partial charge in [-0.05, 0) is 22.4 Å². The van der Waals surface area contributed by atoms with Crippen LogP contribution in [0.25, 0.3) is 0 Å². The number of aromatic nitrogens is 2. The molecule has 7 nitrogen and oxygen atoms in total. The molecule has 0 aliphatic heterocycles. The number of nitrogens with one attached hydrogen (secondary N) is 2. The third-order valence-electron chi connectivity index (χ3n) is 1.91. The number of hydrazine groups is 1. The summed E-state index contributed by atoms with van der Waals surface area (Å²) in [7, 11) is -2.92. The van der Waals surface area contributed by atoms with Gasteiger partial charge in [0.1, 0.15) is 26.5 Å². The van der Waals surface area contributed by atoms with E-state index < -0.39 is 9.84 Å². The molecule has 96 valence electrons. The zero-order valence-electron chi connectivity index (χ0n) is 9.27. The van der Waals surface area contributed by atoms with E-state index in [0.29, 0.717) is 29.1 Å². The van der Waals surface area contributed by atoms with Crippen LogP contribution in [0.5, 0.6) is 0 Å². The highest BCUT2D eigenvalue weighted by Gasteiger charge is 2.07. The quantitative estimate of drug-likeness (QED) is 0.394. The summed E-state index contributed by atoms with van der Waals surface area (Å²) in [5.74, 6) is 6.43. The van der Waals surface area contributed by atoms with Gasteiger partial charge in [0, 0.05) is 12.8 Å². The molecule has 1 heterocycles. The van der Waals surface area contributed by atoms with Crippen LogP contribution in [0.1, 0.15) is 6.42 Å². The van der Waals surface area contributed by atoms with Gasteiger partial charge in [0.15, 0.2) is 5.82 Å². The predicted molar refractivity (Wildman–Crippen MR) is 70.4 cm³/mol. The Morgan fingerprint density at radius 2 is 2.06 bits per heavy atom. The van der Waals surface area contributed by atoms with E-state index in [2.05, 4.69) is 36.6 Å². The predicted octanol–water partition coefficient (Wildman–Crippen LogP) is 0.371. The molecule has 1 rings (SSSR count). The summed E-state index contributed by atoms with van der Waals surface area (Å²) < 4.78 is 22.5. The average molecular weight is 324 g/mol. The van der Waals surface area contributed by atoms with Crippen molar-refractivity contribution in [2.24, 2.45) is 5.84 Å². The maximum atomic E-state index is 10.9. The van der Waals surface area contributed by atoms with Crippen molar-refractivity contribution in [1.82, 2.24) is 9.97 Å². The van der Waals surface area contributed by atoms with E-state index in [1.807, 2.05) is 0 Å². The summed E-state index contributed by atoms with van der Waals surface area (Å²) in [6.07, 6.45) is 3.09. The van der Waals surface area contributed by atoms with Crippen molar-refractivity contribution < 1.29 is 8.42 Å². The third-order valence-corrected chi connectivity index (χ3v) is 3.69. The van der Waals surface area contributed by atoms with E-state index in [0.717, 1.165) is 0 Å². The van der Waals surface area contributed by atoms with Gasteiger partial charge >= 0.3 is 0 Å². The zero-order chi connectivity index (χ0) is 12.9. The number of halogens is 1. The normalized spacial score (nSPS) is 11.2. The summed E-state index contributed by atoms with van der Waals surface area (Å²) >= 11 is 3.28. The highest BCUT2D eigenvalue weighted by Crippen LogP contribution is 2.25. The molecule has 17 heavy (non-hydrogen) atoms. The van der Waals surface area contributed by atoms with Gasteiger partial charge in [0.2, 0.25) is 0 Å². The smallest absolute Gasteiger partial charge is 0.159 e. The topological polar surface area (TPSA) is 110 Å². The molecule has 0 atom stereocenters. The number of hydrogen-bond donors (Lipinski definition) is 3. The highest BCUT2D eigenvalue weighted by molar-refractivity contribution is 9.10. The Morgan fingerprint density at radius 1 is 1.41 bits per heavy atom. The Morgan fingerprint density at radius 3 is 2.65 bits per heavy atom. The van der Waals surface area contributed by atoms with E-state index in [4.69, 9.17) is 5.84 Å². The van der Waals surface area contributed by atoms with Crippen molar-refractivity contribution in [3.63, 3.8) is 0 Å². The zero-order valence-corrected chi connectivity index (χ0v) is 11.7. The highest BCUT2D eigenvalue weighted by atomic mass is 79.9. The van der Waals surface area contributed by atoms with Crippen molar-refractivity contribution in [1.29, 1.82) is 0 Å². The minimum absolute atomic E-state index is 0.144. The van der Waals surface area contributed by atoms with E-state index in [9.17, 15) is 8.42 Å². The van der Waals surface area contributed by atoms with Crippen LogP contribution in [0.3, 0.4) is 0 Å². The second kappa shape index (κ2) is 6.12. The van der Waals surface area contributed by atoms with E-state index in [-0.39, 0.29) is 5.75 Å². The Bertz CT molecular complexity index is 479. The van der Waals surface area contributed by atoms with Gasteiger partial charge in [0.05, 0.1) is 5.75 Å². The maximum Gasteiger partial charge on any atom is 0.159 e. The van der Waals surface area contributed by atoms with Crippen molar-refractivity contribution in [3.05, 3.63) is 10.8 Å². The molecule has 0 aromatic carbocycles. The van der Waals surface area contributed by atoms with Crippen molar-refractivity contribution in [3.8, 4) is 0 Å². The lowest BCUT2D eigenvalue weighted by Crippen LogP contribution is -2.13. The molecule has 0 saturated carbocycles. The number of sulfone groups is 1. The van der Waals surface area contributed by atoms with Gasteiger partial charge in [-0.15, -0.1) is 0 Å². The van der Waals surface area contributed by atoms with Gasteiger partial charge < -0.3 is 10.7 Å². The van der Waals surface area contributed by atoms with Crippen LogP contribution in [0.15, 0.2) is 10.8 Å². The molecular weight excluding hydrogens is 310 g/mol. The minimum atomic E-state index is -2.92. The van der Waals surface area contributed by atoms with Crippen LogP contribution in [-0.2, 0) is 9.84 Å². The fraction of sp³-hybridized carbons (Fsp3) is 0.500. The standard InChI is InChI=1S/C8H14BrN5O2S/c1-17(15,16)4-2-3-11-7-6(9)8(14-10)13-5-12-7/h5H,2-4,10H2,1H3,(H2,11,12,13,14). The molecule has 0 saturated heterocycles. The molecule has 4 N–H and O–H groups in total. The van der Waals surface area contributed by atoms with Gasteiger partial charge in [-0.25, -0.2) is 24.2 Å². The largest absolute Gasteiger partial charge is 0.369 e. The number of nitrogens with zero attached hydrogens (tertiary/aromatic N) is 2. The van der Waals surface area contributed by atoms with Crippen molar-refractivity contribution in [2.45, 2.75) is 6.42 Å². The SMILES string of the molecule is CS(=O)(=O)CCCNc1ncnc(NN)c1Br. The maximum absolute atomic E-state index is 10.9. The summed E-state index contributed by atoms with van der Waals surface area (Å²) in [5, 5.41) is 3.00. The van der Waals surface area contributed by atoms with Crippen LogP contribution in [0.2, 0.25) is 0 Å². The number of anilines is 2. The summed E-state index contributed by atoms with van der Waals surface area (Å²) in [5.41, 5.74) is 2.42. The molecule has 0 spiro atoms. The monoisotopic (exact) mass is 323 g/mol. The first-order valence-electron chi connectivity index (χ1n) is 4.83.